The fraction of sp³-hybridized carbons (Fsp3) is 0.917. The topological polar surface area (TPSA) is 99.5 Å². The van der Waals surface area contributed by atoms with Crippen LogP contribution in [0.25, 0.3) is 0 Å². The summed E-state index contributed by atoms with van der Waals surface area (Å²) in [6.07, 6.45) is 11.4. The molecule has 4 fully saturated rings. The van der Waals surface area contributed by atoms with E-state index in [4.69, 9.17) is 9.47 Å². The van der Waals surface area contributed by atoms with Gasteiger partial charge in [0.1, 0.15) is 0 Å². The smallest absolute Gasteiger partial charge is 0.412 e. The van der Waals surface area contributed by atoms with E-state index in [1.807, 2.05) is 0 Å². The molecule has 2 amide bonds. The van der Waals surface area contributed by atoms with Gasteiger partial charge in [-0.05, 0) is 78.1 Å². The molecule has 0 unspecified atom stereocenters. The summed E-state index contributed by atoms with van der Waals surface area (Å²) >= 11 is 0. The summed E-state index contributed by atoms with van der Waals surface area (Å²) in [5.74, 6) is 0. The number of unbranched alkanes of at least 4 members (excludes halogenated alkanes) is 3. The first kappa shape index (κ1) is 23.6. The summed E-state index contributed by atoms with van der Waals surface area (Å²) < 4.78 is 11.4. The van der Waals surface area contributed by atoms with Gasteiger partial charge in [-0.2, -0.15) is 0 Å². The molecule has 2 atom stereocenters. The van der Waals surface area contributed by atoms with E-state index in [-0.39, 0.29) is 0 Å². The summed E-state index contributed by atoms with van der Waals surface area (Å²) in [6, 6.07) is 0. The van der Waals surface area contributed by atoms with E-state index in [0.29, 0.717) is 13.1 Å². The molecule has 2 aliphatic carbocycles. The summed E-state index contributed by atoms with van der Waals surface area (Å²) in [6.45, 7) is 4.34. The largest absolute Gasteiger partial charge is 0.438 e. The zero-order chi connectivity index (χ0) is 23.0. The lowest BCUT2D eigenvalue weighted by Crippen LogP contribution is -2.57. The SMILES string of the molecule is C[C@@]1(O)N(CCCCCCN2C(=O)OC3(CCCCC3)[C@]2(C)O)C(=O)OC12CCCCC2. The number of ether oxygens (including phenoxy) is 2. The van der Waals surface area contributed by atoms with Crippen molar-refractivity contribution in [1.82, 2.24) is 9.80 Å². The first-order valence-electron chi connectivity index (χ1n) is 12.6. The number of hydrogen-bond donors (Lipinski definition) is 2. The van der Waals surface area contributed by atoms with E-state index in [9.17, 15) is 19.8 Å². The monoisotopic (exact) mass is 452 g/mol. The van der Waals surface area contributed by atoms with Crippen molar-refractivity contribution in [3.8, 4) is 0 Å². The van der Waals surface area contributed by atoms with Crippen LogP contribution < -0.4 is 0 Å². The minimum absolute atomic E-state index is 0.412. The summed E-state index contributed by atoms with van der Waals surface area (Å²) in [5, 5.41) is 22.3. The average Bonchev–Trinajstić information content (AvgIpc) is 3.03. The molecule has 182 valence electrons. The molecule has 8 nitrogen and oxygen atoms in total. The van der Waals surface area contributed by atoms with Crippen molar-refractivity contribution in [2.24, 2.45) is 0 Å². The van der Waals surface area contributed by atoms with Gasteiger partial charge in [0.15, 0.2) is 22.7 Å². The fourth-order valence-electron chi connectivity index (χ4n) is 6.39. The van der Waals surface area contributed by atoms with Crippen LogP contribution in [0.1, 0.15) is 104 Å². The van der Waals surface area contributed by atoms with Crippen molar-refractivity contribution in [3.05, 3.63) is 0 Å². The van der Waals surface area contributed by atoms with E-state index < -0.39 is 34.8 Å². The predicted octanol–water partition coefficient (Wildman–Crippen LogP) is 4.27. The Morgan fingerprint density at radius 1 is 0.656 bits per heavy atom. The molecule has 0 bridgehead atoms. The van der Waals surface area contributed by atoms with Gasteiger partial charge in [-0.3, -0.25) is 9.80 Å². The Bertz CT molecular complexity index is 649. The van der Waals surface area contributed by atoms with Gasteiger partial charge in [0, 0.05) is 13.1 Å². The molecule has 32 heavy (non-hydrogen) atoms. The first-order valence-corrected chi connectivity index (χ1v) is 12.6. The molecule has 4 rings (SSSR count). The lowest BCUT2D eigenvalue weighted by atomic mass is 9.77. The van der Waals surface area contributed by atoms with E-state index in [1.165, 1.54) is 9.80 Å². The second-order valence-corrected chi connectivity index (χ2v) is 10.6. The minimum Gasteiger partial charge on any atom is -0.438 e. The predicted molar refractivity (Wildman–Crippen MR) is 118 cm³/mol. The van der Waals surface area contributed by atoms with Gasteiger partial charge in [-0.15, -0.1) is 0 Å². The van der Waals surface area contributed by atoms with Crippen LogP contribution in [0.3, 0.4) is 0 Å². The molecular weight excluding hydrogens is 412 g/mol. The summed E-state index contributed by atoms with van der Waals surface area (Å²) in [4.78, 5) is 27.9. The van der Waals surface area contributed by atoms with Gasteiger partial charge >= 0.3 is 12.2 Å². The number of nitrogens with zero attached hydrogens (tertiary/aromatic N) is 2. The highest BCUT2D eigenvalue weighted by Gasteiger charge is 2.62. The van der Waals surface area contributed by atoms with Gasteiger partial charge in [0.25, 0.3) is 0 Å². The van der Waals surface area contributed by atoms with Crippen molar-refractivity contribution < 1.29 is 29.3 Å². The Morgan fingerprint density at radius 3 is 1.34 bits per heavy atom. The Kier molecular flexibility index (Phi) is 6.40. The highest BCUT2D eigenvalue weighted by atomic mass is 16.6. The molecule has 2 spiro atoms. The van der Waals surface area contributed by atoms with Crippen LogP contribution in [0, 0.1) is 0 Å². The van der Waals surface area contributed by atoms with Crippen LogP contribution in [-0.4, -0.2) is 67.9 Å². The maximum Gasteiger partial charge on any atom is 0.412 e. The van der Waals surface area contributed by atoms with Crippen LogP contribution in [0.2, 0.25) is 0 Å². The zero-order valence-electron chi connectivity index (χ0n) is 19.7. The van der Waals surface area contributed by atoms with E-state index in [0.717, 1.165) is 89.9 Å². The van der Waals surface area contributed by atoms with Gasteiger partial charge in [-0.25, -0.2) is 9.59 Å². The second-order valence-electron chi connectivity index (χ2n) is 10.6. The number of rotatable bonds is 7. The number of amides is 2. The second kappa shape index (κ2) is 8.67. The van der Waals surface area contributed by atoms with Crippen molar-refractivity contribution >= 4 is 12.2 Å². The van der Waals surface area contributed by atoms with Crippen molar-refractivity contribution in [2.75, 3.05) is 13.1 Å². The third kappa shape index (κ3) is 3.77. The molecule has 2 heterocycles. The highest BCUT2D eigenvalue weighted by molar-refractivity contribution is 5.72. The summed E-state index contributed by atoms with van der Waals surface area (Å²) in [5.41, 5.74) is -4.06. The lowest BCUT2D eigenvalue weighted by Gasteiger charge is -2.42. The average molecular weight is 453 g/mol. The Balaban J connectivity index is 1.22. The molecule has 0 radical (unpaired) electrons. The third-order valence-electron chi connectivity index (χ3n) is 8.62. The third-order valence-corrected chi connectivity index (χ3v) is 8.62. The maximum atomic E-state index is 12.5. The van der Waals surface area contributed by atoms with Crippen LogP contribution in [0.4, 0.5) is 9.59 Å². The Hall–Kier alpha value is -1.54. The normalized spacial score (nSPS) is 33.8. The van der Waals surface area contributed by atoms with Crippen molar-refractivity contribution in [2.45, 2.75) is 126 Å². The Morgan fingerprint density at radius 2 is 1.00 bits per heavy atom. The maximum absolute atomic E-state index is 12.5. The van der Waals surface area contributed by atoms with Crippen LogP contribution >= 0.6 is 0 Å². The van der Waals surface area contributed by atoms with Crippen molar-refractivity contribution in [3.63, 3.8) is 0 Å². The number of carbonyl (C=O) groups is 2. The van der Waals surface area contributed by atoms with Gasteiger partial charge in [0.05, 0.1) is 0 Å². The molecule has 2 N–H and O–H groups in total. The highest BCUT2D eigenvalue weighted by Crippen LogP contribution is 2.48. The van der Waals surface area contributed by atoms with Crippen molar-refractivity contribution in [1.29, 1.82) is 0 Å². The first-order chi connectivity index (χ1) is 15.2. The van der Waals surface area contributed by atoms with E-state index in [2.05, 4.69) is 0 Å². The zero-order valence-corrected chi connectivity index (χ0v) is 19.7. The number of aliphatic hydroxyl groups is 2. The number of carbonyl (C=O) groups excluding carboxylic acids is 2. The van der Waals surface area contributed by atoms with Crippen LogP contribution in [0.15, 0.2) is 0 Å². The van der Waals surface area contributed by atoms with Gasteiger partial charge < -0.3 is 19.7 Å². The number of hydrogen-bond acceptors (Lipinski definition) is 6. The van der Waals surface area contributed by atoms with Crippen LogP contribution in [0.5, 0.6) is 0 Å². The molecule has 0 aromatic carbocycles. The Labute approximate surface area is 191 Å². The molecule has 2 saturated carbocycles. The standard InChI is InChI=1S/C24H40N2O6/c1-21(29)23(13-7-5-8-14-23)31-19(27)25(21)17-11-3-4-12-18-26-20(28)32-24(22(26,2)30)15-9-6-10-16-24/h29-30H,3-18H2,1-2H3/t21-,22-/m0/s1. The van der Waals surface area contributed by atoms with Gasteiger partial charge in [0.2, 0.25) is 0 Å². The summed E-state index contributed by atoms with van der Waals surface area (Å²) in [7, 11) is 0. The van der Waals surface area contributed by atoms with E-state index >= 15 is 0 Å². The minimum atomic E-state index is -1.27. The molecule has 0 aromatic heterocycles. The molecule has 2 saturated heterocycles. The molecule has 0 aromatic rings. The molecule has 4 aliphatic rings. The van der Waals surface area contributed by atoms with Gasteiger partial charge in [-0.1, -0.05) is 25.7 Å². The molecule has 8 heteroatoms. The fourth-order valence-corrected chi connectivity index (χ4v) is 6.39. The van der Waals surface area contributed by atoms with E-state index in [1.54, 1.807) is 13.8 Å². The van der Waals surface area contributed by atoms with Crippen LogP contribution in [-0.2, 0) is 9.47 Å². The quantitative estimate of drug-likeness (QED) is 0.560. The molecular formula is C24H40N2O6. The molecule has 2 aliphatic heterocycles. The lowest BCUT2D eigenvalue weighted by molar-refractivity contribution is -0.159.